The molecule has 1 rings (SSSR count). The van der Waals surface area contributed by atoms with Gasteiger partial charge in [0.25, 0.3) is 0 Å². The molecule has 0 fully saturated rings. The minimum absolute atomic E-state index is 0.112. The second kappa shape index (κ2) is 7.88. The molecule has 0 heterocycles. The van der Waals surface area contributed by atoms with Gasteiger partial charge in [-0.05, 0) is 38.1 Å². The van der Waals surface area contributed by atoms with E-state index in [9.17, 15) is 14.0 Å². The van der Waals surface area contributed by atoms with Crippen molar-refractivity contribution < 1.29 is 23.5 Å². The third-order valence-electron chi connectivity index (χ3n) is 2.70. The molecule has 0 aliphatic heterocycles. The van der Waals surface area contributed by atoms with Gasteiger partial charge in [0.15, 0.2) is 18.5 Å². The predicted molar refractivity (Wildman–Crippen MR) is 75.0 cm³/mol. The molecule has 0 aliphatic carbocycles. The first-order chi connectivity index (χ1) is 10.3. The monoisotopic (exact) mass is 306 g/mol. The number of nitrogens with zero attached hydrogens (tertiary/aromatic N) is 1. The van der Waals surface area contributed by atoms with E-state index < -0.39 is 36.2 Å². The van der Waals surface area contributed by atoms with Gasteiger partial charge in [0.1, 0.15) is 17.5 Å². The number of ether oxygens (including phenoxy) is 2. The van der Waals surface area contributed by atoms with Crippen molar-refractivity contribution in [2.24, 2.45) is 5.92 Å². The zero-order chi connectivity index (χ0) is 16.7. The van der Waals surface area contributed by atoms with Gasteiger partial charge < -0.3 is 14.9 Å². The molecule has 1 aromatic carbocycles. The minimum atomic E-state index is -1.22. The van der Waals surface area contributed by atoms with Gasteiger partial charge >= 0.3 is 5.97 Å². The van der Waals surface area contributed by atoms with Crippen molar-refractivity contribution in [2.75, 3.05) is 6.61 Å². The van der Waals surface area contributed by atoms with E-state index in [4.69, 9.17) is 20.1 Å². The Hall–Kier alpha value is -2.75. The summed E-state index contributed by atoms with van der Waals surface area (Å²) in [6, 6.07) is 6.74. The molecule has 0 unspecified atom stereocenters. The van der Waals surface area contributed by atoms with Gasteiger partial charge in [0, 0.05) is 5.71 Å². The number of benzene rings is 1. The van der Waals surface area contributed by atoms with Crippen LogP contribution in [0.15, 0.2) is 24.3 Å². The smallest absolute Gasteiger partial charge is 0.347 e. The van der Waals surface area contributed by atoms with Crippen molar-refractivity contribution in [3.63, 3.8) is 0 Å². The Labute approximate surface area is 127 Å². The fourth-order valence-corrected chi connectivity index (χ4v) is 1.52. The molecule has 22 heavy (non-hydrogen) atoms. The average Bonchev–Trinajstić information content (AvgIpc) is 2.47. The fourth-order valence-electron chi connectivity index (χ4n) is 1.52. The number of hydrogen-bond acceptors (Lipinski definition) is 6. The summed E-state index contributed by atoms with van der Waals surface area (Å²) >= 11 is 0. The molecule has 0 aliphatic rings. The highest BCUT2D eigenvalue weighted by Gasteiger charge is 2.23. The lowest BCUT2D eigenvalue weighted by molar-refractivity contribution is -0.154. The van der Waals surface area contributed by atoms with E-state index in [2.05, 4.69) is 0 Å². The number of ketones is 1. The maximum atomic E-state index is 12.7. The molecule has 6 nitrogen and oxygen atoms in total. The molecule has 0 amide bonds. The average molecular weight is 306 g/mol. The lowest BCUT2D eigenvalue weighted by atomic mass is 10.0. The van der Waals surface area contributed by atoms with Gasteiger partial charge in [-0.2, -0.15) is 5.26 Å². The number of carbonyl (C=O) groups excluding carboxylic acids is 2. The van der Waals surface area contributed by atoms with E-state index in [1.165, 1.54) is 38.1 Å². The number of carbonyl (C=O) groups is 2. The molecule has 1 N–H and O–H groups in total. The quantitative estimate of drug-likeness (QED) is 0.612. The zero-order valence-corrected chi connectivity index (χ0v) is 12.1. The number of nitriles is 1. The van der Waals surface area contributed by atoms with E-state index in [0.717, 1.165) is 0 Å². The first kappa shape index (κ1) is 17.3. The van der Waals surface area contributed by atoms with E-state index in [1.54, 1.807) is 6.07 Å². The molecule has 0 radical (unpaired) electrons. The summed E-state index contributed by atoms with van der Waals surface area (Å²) in [5, 5.41) is 16.0. The molecule has 2 atom stereocenters. The summed E-state index contributed by atoms with van der Waals surface area (Å²) in [6.45, 7) is 2.14. The Balaban J connectivity index is 2.51. The van der Waals surface area contributed by atoms with Crippen LogP contribution in [0.25, 0.3) is 0 Å². The number of halogens is 1. The van der Waals surface area contributed by atoms with Crippen molar-refractivity contribution in [3.05, 3.63) is 30.1 Å². The molecule has 0 bridgehead atoms. The van der Waals surface area contributed by atoms with Crippen LogP contribution >= 0.6 is 0 Å². The summed E-state index contributed by atoms with van der Waals surface area (Å²) in [5.41, 5.74) is -0.112. The molecule has 7 heteroatoms. The second-order valence-corrected chi connectivity index (χ2v) is 4.53. The van der Waals surface area contributed by atoms with Crippen LogP contribution in [0.2, 0.25) is 0 Å². The van der Waals surface area contributed by atoms with Crippen molar-refractivity contribution in [1.82, 2.24) is 0 Å². The van der Waals surface area contributed by atoms with Gasteiger partial charge in [0.05, 0.1) is 6.07 Å². The minimum Gasteiger partial charge on any atom is -0.479 e. The molecule has 0 saturated carbocycles. The third-order valence-corrected chi connectivity index (χ3v) is 2.70. The number of nitrogens with one attached hydrogen (secondary N) is 1. The molecule has 0 spiro atoms. The highest BCUT2D eigenvalue weighted by atomic mass is 19.1. The van der Waals surface area contributed by atoms with E-state index in [0.29, 0.717) is 0 Å². The SMILES string of the molecule is CC(=N)[C@H](C#N)C(=O)COC(=O)[C@H](C)Oc1ccc(F)cc1. The number of hydrogen-bond donors (Lipinski definition) is 1. The van der Waals surface area contributed by atoms with Crippen molar-refractivity contribution in [3.8, 4) is 11.8 Å². The molecule has 1 aromatic rings. The largest absolute Gasteiger partial charge is 0.479 e. The molecular formula is C15H15FN2O4. The van der Waals surface area contributed by atoms with Crippen LogP contribution in [0, 0.1) is 28.5 Å². The topological polar surface area (TPSA) is 100 Å². The predicted octanol–water partition coefficient (Wildman–Crippen LogP) is 1.88. The second-order valence-electron chi connectivity index (χ2n) is 4.53. The van der Waals surface area contributed by atoms with Gasteiger partial charge in [-0.25, -0.2) is 9.18 Å². The highest BCUT2D eigenvalue weighted by Crippen LogP contribution is 2.13. The Bertz CT molecular complexity index is 607. The van der Waals surface area contributed by atoms with Crippen LogP contribution in [0.5, 0.6) is 5.75 Å². The lowest BCUT2D eigenvalue weighted by Crippen LogP contribution is -2.31. The van der Waals surface area contributed by atoms with Crippen LogP contribution in [-0.4, -0.2) is 30.2 Å². The normalized spacial score (nSPS) is 12.6. The van der Waals surface area contributed by atoms with Gasteiger partial charge in [-0.1, -0.05) is 0 Å². The first-order valence-corrected chi connectivity index (χ1v) is 6.41. The number of rotatable bonds is 7. The molecule has 116 valence electrons. The van der Waals surface area contributed by atoms with Crippen LogP contribution < -0.4 is 4.74 Å². The third kappa shape index (κ3) is 4.98. The van der Waals surface area contributed by atoms with Crippen LogP contribution in [0.1, 0.15) is 13.8 Å². The highest BCUT2D eigenvalue weighted by molar-refractivity contribution is 6.06. The Morgan fingerprint density at radius 2 is 1.95 bits per heavy atom. The van der Waals surface area contributed by atoms with E-state index in [1.807, 2.05) is 0 Å². The maximum Gasteiger partial charge on any atom is 0.347 e. The lowest BCUT2D eigenvalue weighted by Gasteiger charge is -2.14. The van der Waals surface area contributed by atoms with E-state index in [-0.39, 0.29) is 11.5 Å². The summed E-state index contributed by atoms with van der Waals surface area (Å²) in [6.07, 6.45) is -1.00. The summed E-state index contributed by atoms with van der Waals surface area (Å²) in [5.74, 6) is -2.84. The van der Waals surface area contributed by atoms with E-state index >= 15 is 0 Å². The summed E-state index contributed by atoms with van der Waals surface area (Å²) in [7, 11) is 0. The Morgan fingerprint density at radius 1 is 1.36 bits per heavy atom. The van der Waals surface area contributed by atoms with Crippen molar-refractivity contribution in [2.45, 2.75) is 20.0 Å². The van der Waals surface area contributed by atoms with Crippen LogP contribution in [0.3, 0.4) is 0 Å². The standard InChI is InChI=1S/C15H15FN2O4/c1-9(18)13(7-17)14(19)8-21-15(20)10(2)22-12-5-3-11(16)4-6-12/h3-6,10,13,18H,8H2,1-2H3/t10-,13-/m0/s1. The molecule has 0 saturated heterocycles. The van der Waals surface area contributed by atoms with Gasteiger partial charge in [-0.3, -0.25) is 4.79 Å². The van der Waals surface area contributed by atoms with Crippen molar-refractivity contribution in [1.29, 1.82) is 10.7 Å². The Kier molecular flexibility index (Phi) is 6.20. The molecular weight excluding hydrogens is 291 g/mol. The van der Waals surface area contributed by atoms with Gasteiger partial charge in [0.2, 0.25) is 0 Å². The summed E-state index contributed by atoms with van der Waals surface area (Å²) in [4.78, 5) is 23.3. The van der Waals surface area contributed by atoms with Crippen LogP contribution in [-0.2, 0) is 14.3 Å². The number of esters is 1. The summed E-state index contributed by atoms with van der Waals surface area (Å²) < 4.78 is 22.7. The zero-order valence-electron chi connectivity index (χ0n) is 12.1. The fraction of sp³-hybridized carbons (Fsp3) is 0.333. The van der Waals surface area contributed by atoms with Crippen LogP contribution in [0.4, 0.5) is 4.39 Å². The molecule has 0 aromatic heterocycles. The van der Waals surface area contributed by atoms with Gasteiger partial charge in [-0.15, -0.1) is 0 Å². The number of Topliss-reactive ketones (excluding diaryl/α,β-unsaturated/α-hetero) is 1. The first-order valence-electron chi connectivity index (χ1n) is 6.41. The Morgan fingerprint density at radius 3 is 2.45 bits per heavy atom. The maximum absolute atomic E-state index is 12.7. The van der Waals surface area contributed by atoms with Crippen molar-refractivity contribution >= 4 is 17.5 Å².